The number of nitrogens with two attached hydrogens (primary N) is 1. The number of carbonyl (C=O) groups excluding carboxylic acids is 2. The van der Waals surface area contributed by atoms with Crippen molar-refractivity contribution in [1.82, 2.24) is 24.8 Å². The van der Waals surface area contributed by atoms with Gasteiger partial charge in [-0.15, -0.1) is 10.2 Å². The number of urea groups is 1. The van der Waals surface area contributed by atoms with E-state index in [0.717, 1.165) is 17.6 Å². The fraction of sp³-hybridized carbons (Fsp3) is 0.294. The standard InChI is InChI=1S/C17H12ClF5N8O2/c1-16(17(21,22)23)5-30(8-4-25-10-3-9(18)29-31(10)12(8)16)15(33)26-6-2-7(13(19)20)27-28-11(6)14(24)32/h2-4,13H,5H2,1H3,(H2,24,32)(H,26,27,33). The van der Waals surface area contributed by atoms with Crippen LogP contribution in [0.15, 0.2) is 18.3 Å². The third-order valence-electron chi connectivity index (χ3n) is 5.10. The van der Waals surface area contributed by atoms with E-state index in [1.165, 1.54) is 6.07 Å². The summed E-state index contributed by atoms with van der Waals surface area (Å²) in [7, 11) is 0. The maximum Gasteiger partial charge on any atom is 0.401 e. The molecule has 0 radical (unpaired) electrons. The summed E-state index contributed by atoms with van der Waals surface area (Å²) in [4.78, 5) is 29.2. The highest BCUT2D eigenvalue weighted by atomic mass is 35.5. The van der Waals surface area contributed by atoms with E-state index >= 15 is 0 Å². The van der Waals surface area contributed by atoms with Crippen molar-refractivity contribution < 1.29 is 31.5 Å². The Hall–Kier alpha value is -3.62. The molecule has 3 amide bonds. The highest BCUT2D eigenvalue weighted by Crippen LogP contribution is 2.50. The van der Waals surface area contributed by atoms with Crippen LogP contribution in [0.3, 0.4) is 0 Å². The lowest BCUT2D eigenvalue weighted by Gasteiger charge is -2.28. The molecule has 0 saturated heterocycles. The molecule has 0 saturated carbocycles. The number of carbonyl (C=O) groups is 2. The minimum Gasteiger partial charge on any atom is -0.364 e. The number of halogens is 6. The molecule has 3 aromatic heterocycles. The minimum atomic E-state index is -4.83. The molecule has 3 N–H and O–H groups in total. The number of alkyl halides is 5. The zero-order valence-corrected chi connectivity index (χ0v) is 17.1. The molecule has 1 aliphatic heterocycles. The van der Waals surface area contributed by atoms with Crippen LogP contribution in [0.4, 0.5) is 38.1 Å². The molecule has 0 aromatic carbocycles. The van der Waals surface area contributed by atoms with Crippen LogP contribution >= 0.6 is 11.6 Å². The van der Waals surface area contributed by atoms with Crippen molar-refractivity contribution in [1.29, 1.82) is 0 Å². The number of hydrogen-bond acceptors (Lipinski definition) is 6. The van der Waals surface area contributed by atoms with Crippen LogP contribution in [0.2, 0.25) is 5.15 Å². The number of aromatic nitrogens is 5. The first-order valence-electron chi connectivity index (χ1n) is 8.99. The average Bonchev–Trinajstić information content (AvgIpc) is 3.24. The zero-order chi connectivity index (χ0) is 24.3. The summed E-state index contributed by atoms with van der Waals surface area (Å²) in [6.07, 6.45) is -6.90. The monoisotopic (exact) mass is 490 g/mol. The predicted molar refractivity (Wildman–Crippen MR) is 103 cm³/mol. The van der Waals surface area contributed by atoms with Gasteiger partial charge in [0.1, 0.15) is 11.1 Å². The third-order valence-corrected chi connectivity index (χ3v) is 5.29. The first-order valence-corrected chi connectivity index (χ1v) is 9.37. The Kier molecular flexibility index (Phi) is 5.11. The summed E-state index contributed by atoms with van der Waals surface area (Å²) in [6.45, 7) is -0.0338. The lowest BCUT2D eigenvalue weighted by molar-refractivity contribution is -0.181. The van der Waals surface area contributed by atoms with Crippen molar-refractivity contribution in [2.45, 2.75) is 24.9 Å². The summed E-state index contributed by atoms with van der Waals surface area (Å²) in [5.74, 6) is -1.20. The number of nitrogens with one attached hydrogen (secondary N) is 1. The Morgan fingerprint density at radius 3 is 2.58 bits per heavy atom. The summed E-state index contributed by atoms with van der Waals surface area (Å²) >= 11 is 5.82. The van der Waals surface area contributed by atoms with Gasteiger partial charge in [-0.25, -0.2) is 23.1 Å². The maximum atomic E-state index is 14.1. The van der Waals surface area contributed by atoms with Gasteiger partial charge >= 0.3 is 12.2 Å². The topological polar surface area (TPSA) is 131 Å². The van der Waals surface area contributed by atoms with E-state index in [4.69, 9.17) is 17.3 Å². The summed E-state index contributed by atoms with van der Waals surface area (Å²) in [5.41, 5.74) is -0.175. The first-order chi connectivity index (χ1) is 15.3. The van der Waals surface area contributed by atoms with Crippen LogP contribution in [-0.4, -0.2) is 49.5 Å². The summed E-state index contributed by atoms with van der Waals surface area (Å²) < 4.78 is 69.2. The molecule has 10 nitrogen and oxygen atoms in total. The van der Waals surface area contributed by atoms with Crippen molar-refractivity contribution >= 4 is 40.6 Å². The normalized spacial score (nSPS) is 18.1. The fourth-order valence-electron chi connectivity index (χ4n) is 3.47. The van der Waals surface area contributed by atoms with Crippen LogP contribution in [0.1, 0.15) is 35.2 Å². The second kappa shape index (κ2) is 7.47. The van der Waals surface area contributed by atoms with Gasteiger partial charge in [0.25, 0.3) is 12.3 Å². The third kappa shape index (κ3) is 3.57. The van der Waals surface area contributed by atoms with Crippen LogP contribution in [-0.2, 0) is 5.41 Å². The van der Waals surface area contributed by atoms with Crippen molar-refractivity contribution in [3.8, 4) is 0 Å². The molecular formula is C17H12ClF5N8O2. The van der Waals surface area contributed by atoms with Gasteiger partial charge in [-0.05, 0) is 13.0 Å². The van der Waals surface area contributed by atoms with Gasteiger partial charge in [-0.3, -0.25) is 9.69 Å². The molecule has 1 unspecified atom stereocenters. The number of anilines is 2. The number of hydrogen-bond donors (Lipinski definition) is 2. The van der Waals surface area contributed by atoms with Gasteiger partial charge in [0.05, 0.1) is 23.3 Å². The van der Waals surface area contributed by atoms with Crippen molar-refractivity contribution in [3.63, 3.8) is 0 Å². The molecule has 1 atom stereocenters. The van der Waals surface area contributed by atoms with Gasteiger partial charge < -0.3 is 11.1 Å². The molecule has 174 valence electrons. The van der Waals surface area contributed by atoms with Crippen LogP contribution < -0.4 is 16.0 Å². The molecule has 0 aliphatic carbocycles. The lowest BCUT2D eigenvalue weighted by atomic mass is 9.88. The molecule has 0 bridgehead atoms. The van der Waals surface area contributed by atoms with Crippen molar-refractivity contribution in [2.75, 3.05) is 16.8 Å². The molecule has 0 spiro atoms. The van der Waals surface area contributed by atoms with E-state index in [1.807, 2.05) is 0 Å². The average molecular weight is 491 g/mol. The minimum absolute atomic E-state index is 0.0207. The van der Waals surface area contributed by atoms with Crippen molar-refractivity contribution in [3.05, 3.63) is 40.6 Å². The van der Waals surface area contributed by atoms with Crippen LogP contribution in [0, 0.1) is 0 Å². The van der Waals surface area contributed by atoms with E-state index in [0.29, 0.717) is 11.0 Å². The molecule has 16 heteroatoms. The van der Waals surface area contributed by atoms with E-state index in [1.54, 1.807) is 0 Å². The Morgan fingerprint density at radius 2 is 1.97 bits per heavy atom. The second-order valence-corrected chi connectivity index (χ2v) is 7.66. The van der Waals surface area contributed by atoms with Crippen molar-refractivity contribution in [2.24, 2.45) is 5.73 Å². The SMILES string of the molecule is CC1(C(F)(F)F)CN(C(=O)Nc2cc(C(F)F)nnc2C(N)=O)c2cnc3cc(Cl)nn3c21. The smallest absolute Gasteiger partial charge is 0.364 e. The Balaban J connectivity index is 1.81. The molecular weight excluding hydrogens is 479 g/mol. The van der Waals surface area contributed by atoms with Crippen LogP contribution in [0.5, 0.6) is 0 Å². The quantitative estimate of drug-likeness (QED) is 0.542. The Bertz CT molecular complexity index is 1300. The van der Waals surface area contributed by atoms with E-state index < -0.39 is 59.3 Å². The Morgan fingerprint density at radius 1 is 1.27 bits per heavy atom. The molecule has 33 heavy (non-hydrogen) atoms. The lowest BCUT2D eigenvalue weighted by Crippen LogP contribution is -2.46. The maximum absolute atomic E-state index is 14.1. The number of nitrogens with zero attached hydrogens (tertiary/aromatic N) is 6. The molecule has 1 aliphatic rings. The molecule has 0 fully saturated rings. The number of rotatable bonds is 3. The van der Waals surface area contributed by atoms with Gasteiger partial charge in [0.2, 0.25) is 0 Å². The molecule has 4 heterocycles. The van der Waals surface area contributed by atoms with Gasteiger partial charge in [0.15, 0.2) is 16.5 Å². The van der Waals surface area contributed by atoms with Gasteiger partial charge in [-0.2, -0.15) is 18.3 Å². The van der Waals surface area contributed by atoms with E-state index in [-0.39, 0.29) is 16.5 Å². The highest BCUT2D eigenvalue weighted by molar-refractivity contribution is 6.29. The van der Waals surface area contributed by atoms with E-state index in [2.05, 4.69) is 25.6 Å². The second-order valence-electron chi connectivity index (χ2n) is 7.27. The summed E-state index contributed by atoms with van der Waals surface area (Å²) in [6, 6.07) is 0.721. The molecule has 3 aromatic rings. The van der Waals surface area contributed by atoms with Gasteiger partial charge in [0, 0.05) is 12.6 Å². The van der Waals surface area contributed by atoms with Gasteiger partial charge in [-0.1, -0.05) is 11.6 Å². The first kappa shape index (κ1) is 22.6. The fourth-order valence-corrected chi connectivity index (χ4v) is 3.64. The number of primary amides is 1. The predicted octanol–water partition coefficient (Wildman–Crippen LogP) is 3.08. The zero-order valence-electron chi connectivity index (χ0n) is 16.4. The van der Waals surface area contributed by atoms with E-state index in [9.17, 15) is 31.5 Å². The van der Waals surface area contributed by atoms with Crippen LogP contribution in [0.25, 0.3) is 5.65 Å². The number of fused-ring (bicyclic) bond motifs is 3. The largest absolute Gasteiger partial charge is 0.401 e. The Labute approximate surface area is 185 Å². The summed E-state index contributed by atoms with van der Waals surface area (Å²) in [5, 5.41) is 12.3. The molecule has 4 rings (SSSR count). The number of amides is 3. The highest BCUT2D eigenvalue weighted by Gasteiger charge is 2.60.